The summed E-state index contributed by atoms with van der Waals surface area (Å²) in [5, 5.41) is 7.56. The summed E-state index contributed by atoms with van der Waals surface area (Å²) in [4.78, 5) is 27.3. The Morgan fingerprint density at radius 1 is 1.22 bits per heavy atom. The minimum Gasteiger partial charge on any atom is -0.355 e. The standard InChI is InChI=1S/C17H19N3O2S/c1-18-17(22)12-2-4-14(5-3-12)19-16(21)11-20-8-6-15-13(10-20)7-9-23-15/h2-5,7,9H,6,8,10-11H2,1H3,(H,18,22)(H,19,21). The quantitative estimate of drug-likeness (QED) is 0.903. The number of amides is 2. The van der Waals surface area contributed by atoms with E-state index in [1.807, 2.05) is 0 Å². The van der Waals surface area contributed by atoms with Crippen LogP contribution in [0.4, 0.5) is 5.69 Å². The number of nitrogens with one attached hydrogen (secondary N) is 2. The van der Waals surface area contributed by atoms with E-state index in [1.54, 1.807) is 42.6 Å². The van der Waals surface area contributed by atoms with E-state index >= 15 is 0 Å². The molecule has 2 N–H and O–H groups in total. The molecule has 0 aliphatic carbocycles. The van der Waals surface area contributed by atoms with Crippen molar-refractivity contribution in [2.75, 3.05) is 25.5 Å². The molecule has 120 valence electrons. The highest BCUT2D eigenvalue weighted by Gasteiger charge is 2.19. The van der Waals surface area contributed by atoms with Gasteiger partial charge in [0.2, 0.25) is 5.91 Å². The Kier molecular flexibility index (Phi) is 4.73. The van der Waals surface area contributed by atoms with E-state index in [-0.39, 0.29) is 11.8 Å². The first kappa shape index (κ1) is 15.7. The van der Waals surface area contributed by atoms with E-state index in [0.717, 1.165) is 19.5 Å². The Morgan fingerprint density at radius 2 is 2.00 bits per heavy atom. The summed E-state index contributed by atoms with van der Waals surface area (Å²) >= 11 is 1.79. The SMILES string of the molecule is CNC(=O)c1ccc(NC(=O)CN2CCc3sccc3C2)cc1. The molecule has 0 saturated heterocycles. The van der Waals surface area contributed by atoms with Crippen LogP contribution < -0.4 is 10.6 Å². The third-order valence-electron chi connectivity index (χ3n) is 3.91. The average molecular weight is 329 g/mol. The monoisotopic (exact) mass is 329 g/mol. The van der Waals surface area contributed by atoms with Crippen LogP contribution in [0.25, 0.3) is 0 Å². The highest BCUT2D eigenvalue weighted by atomic mass is 32.1. The molecule has 1 aromatic heterocycles. The van der Waals surface area contributed by atoms with Crippen LogP contribution in [0.3, 0.4) is 0 Å². The molecule has 0 fully saturated rings. The molecule has 3 rings (SSSR count). The average Bonchev–Trinajstić information content (AvgIpc) is 3.02. The van der Waals surface area contributed by atoms with E-state index in [1.165, 1.54) is 10.4 Å². The van der Waals surface area contributed by atoms with Crippen molar-refractivity contribution >= 4 is 28.8 Å². The number of nitrogens with zero attached hydrogens (tertiary/aromatic N) is 1. The van der Waals surface area contributed by atoms with Crippen molar-refractivity contribution in [3.8, 4) is 0 Å². The molecule has 0 saturated carbocycles. The maximum absolute atomic E-state index is 12.2. The predicted molar refractivity (Wildman–Crippen MR) is 91.8 cm³/mol. The molecule has 23 heavy (non-hydrogen) atoms. The van der Waals surface area contributed by atoms with Crippen molar-refractivity contribution in [1.82, 2.24) is 10.2 Å². The van der Waals surface area contributed by atoms with Crippen molar-refractivity contribution in [2.45, 2.75) is 13.0 Å². The normalized spacial score (nSPS) is 14.1. The molecule has 6 heteroatoms. The summed E-state index contributed by atoms with van der Waals surface area (Å²) in [5.74, 6) is -0.167. The van der Waals surface area contributed by atoms with E-state index in [4.69, 9.17) is 0 Å². The van der Waals surface area contributed by atoms with Crippen molar-refractivity contribution in [2.24, 2.45) is 0 Å². The lowest BCUT2D eigenvalue weighted by atomic mass is 10.1. The summed E-state index contributed by atoms with van der Waals surface area (Å²) < 4.78 is 0. The number of rotatable bonds is 4. The van der Waals surface area contributed by atoms with Gasteiger partial charge in [-0.15, -0.1) is 11.3 Å². The molecule has 2 aromatic rings. The number of thiophene rings is 1. The van der Waals surface area contributed by atoms with Crippen LogP contribution in [0.5, 0.6) is 0 Å². The van der Waals surface area contributed by atoms with Crippen LogP contribution in [0.2, 0.25) is 0 Å². The van der Waals surface area contributed by atoms with Gasteiger partial charge < -0.3 is 10.6 Å². The molecule has 5 nitrogen and oxygen atoms in total. The van der Waals surface area contributed by atoms with Crippen LogP contribution >= 0.6 is 11.3 Å². The van der Waals surface area contributed by atoms with Gasteiger partial charge in [-0.2, -0.15) is 0 Å². The molecular weight excluding hydrogens is 310 g/mol. The zero-order valence-electron chi connectivity index (χ0n) is 13.0. The molecule has 0 atom stereocenters. The Labute approximate surface area is 139 Å². The van der Waals surface area contributed by atoms with Crippen molar-refractivity contribution in [3.63, 3.8) is 0 Å². The second-order valence-corrected chi connectivity index (χ2v) is 6.53. The zero-order valence-corrected chi connectivity index (χ0v) is 13.8. The number of fused-ring (bicyclic) bond motifs is 1. The van der Waals surface area contributed by atoms with Gasteiger partial charge >= 0.3 is 0 Å². The number of carbonyl (C=O) groups is 2. The van der Waals surface area contributed by atoms with Crippen molar-refractivity contribution in [1.29, 1.82) is 0 Å². The molecule has 1 aromatic carbocycles. The lowest BCUT2D eigenvalue weighted by Gasteiger charge is -2.26. The second-order valence-electron chi connectivity index (χ2n) is 5.53. The Bertz CT molecular complexity index is 709. The Hall–Kier alpha value is -2.18. The summed E-state index contributed by atoms with van der Waals surface area (Å²) in [6.45, 7) is 2.13. The number of benzene rings is 1. The second kappa shape index (κ2) is 6.93. The Morgan fingerprint density at radius 3 is 2.74 bits per heavy atom. The largest absolute Gasteiger partial charge is 0.355 e. The first-order chi connectivity index (χ1) is 11.2. The smallest absolute Gasteiger partial charge is 0.251 e. The van der Waals surface area contributed by atoms with E-state index < -0.39 is 0 Å². The van der Waals surface area contributed by atoms with Gasteiger partial charge in [-0.1, -0.05) is 0 Å². The molecule has 1 aliphatic rings. The van der Waals surface area contributed by atoms with Gasteiger partial charge in [-0.05, 0) is 47.7 Å². The summed E-state index contributed by atoms with van der Waals surface area (Å²) in [6.07, 6.45) is 1.01. The lowest BCUT2D eigenvalue weighted by molar-refractivity contribution is -0.117. The topological polar surface area (TPSA) is 61.4 Å². The van der Waals surface area contributed by atoms with Crippen molar-refractivity contribution < 1.29 is 9.59 Å². The third kappa shape index (κ3) is 3.78. The molecule has 2 heterocycles. The maximum atomic E-state index is 12.2. The van der Waals surface area contributed by atoms with Gasteiger partial charge in [0.05, 0.1) is 6.54 Å². The first-order valence-corrected chi connectivity index (χ1v) is 8.43. The molecular formula is C17H19N3O2S. The fourth-order valence-corrected chi connectivity index (χ4v) is 3.58. The highest BCUT2D eigenvalue weighted by Crippen LogP contribution is 2.23. The number of anilines is 1. The molecule has 1 aliphatic heterocycles. The lowest BCUT2D eigenvalue weighted by Crippen LogP contribution is -2.36. The fourth-order valence-electron chi connectivity index (χ4n) is 2.69. The molecule has 2 amide bonds. The third-order valence-corrected chi connectivity index (χ3v) is 4.93. The van der Waals surface area contributed by atoms with Gasteiger partial charge in [0, 0.05) is 36.3 Å². The van der Waals surface area contributed by atoms with Gasteiger partial charge in [-0.25, -0.2) is 0 Å². The van der Waals surface area contributed by atoms with E-state index in [9.17, 15) is 9.59 Å². The maximum Gasteiger partial charge on any atom is 0.251 e. The molecule has 0 radical (unpaired) electrons. The van der Waals surface area contributed by atoms with Crippen LogP contribution in [-0.4, -0.2) is 36.9 Å². The van der Waals surface area contributed by atoms with Crippen LogP contribution in [0.1, 0.15) is 20.8 Å². The highest BCUT2D eigenvalue weighted by molar-refractivity contribution is 7.10. The van der Waals surface area contributed by atoms with Crippen LogP contribution in [0, 0.1) is 0 Å². The molecule has 0 spiro atoms. The zero-order chi connectivity index (χ0) is 16.2. The van der Waals surface area contributed by atoms with Gasteiger partial charge in [0.15, 0.2) is 0 Å². The van der Waals surface area contributed by atoms with Gasteiger partial charge in [0.25, 0.3) is 5.91 Å². The summed E-state index contributed by atoms with van der Waals surface area (Å²) in [6, 6.07) is 9.03. The number of carbonyl (C=O) groups excluding carboxylic acids is 2. The van der Waals surface area contributed by atoms with E-state index in [0.29, 0.717) is 17.8 Å². The van der Waals surface area contributed by atoms with Crippen LogP contribution in [-0.2, 0) is 17.8 Å². The summed E-state index contributed by atoms with van der Waals surface area (Å²) in [5.41, 5.74) is 2.62. The van der Waals surface area contributed by atoms with Crippen molar-refractivity contribution in [3.05, 3.63) is 51.7 Å². The molecule has 0 unspecified atom stereocenters. The van der Waals surface area contributed by atoms with Crippen LogP contribution in [0.15, 0.2) is 35.7 Å². The molecule has 0 bridgehead atoms. The number of hydrogen-bond donors (Lipinski definition) is 2. The number of hydrogen-bond acceptors (Lipinski definition) is 4. The Balaban J connectivity index is 1.54. The summed E-state index contributed by atoms with van der Waals surface area (Å²) in [7, 11) is 1.59. The predicted octanol–water partition coefficient (Wildman–Crippen LogP) is 2.10. The fraction of sp³-hybridized carbons (Fsp3) is 0.294. The van der Waals surface area contributed by atoms with E-state index in [2.05, 4.69) is 27.0 Å². The van der Waals surface area contributed by atoms with Gasteiger partial charge in [0.1, 0.15) is 0 Å². The van der Waals surface area contributed by atoms with Gasteiger partial charge in [-0.3, -0.25) is 14.5 Å². The first-order valence-electron chi connectivity index (χ1n) is 7.55. The minimum atomic E-state index is -0.136. The minimum absolute atomic E-state index is 0.0311.